The molecule has 2 heteroatoms. The first kappa shape index (κ1) is 7.06. The second-order valence-electron chi connectivity index (χ2n) is 2.51. The molecule has 1 aromatic heterocycles. The van der Waals surface area contributed by atoms with Gasteiger partial charge in [0.15, 0.2) is 6.29 Å². The van der Waals surface area contributed by atoms with E-state index >= 15 is 0 Å². The molecule has 2 nitrogen and oxygen atoms in total. The Labute approximate surface area is 59.8 Å². The summed E-state index contributed by atoms with van der Waals surface area (Å²) < 4.78 is 5.09. The molecular weight excluding hydrogens is 128 g/mol. The van der Waals surface area contributed by atoms with Gasteiger partial charge >= 0.3 is 0 Å². The second-order valence-corrected chi connectivity index (χ2v) is 2.51. The molecule has 0 radical (unpaired) electrons. The van der Waals surface area contributed by atoms with Crippen LogP contribution in [0.15, 0.2) is 16.7 Å². The molecule has 0 spiro atoms. The van der Waals surface area contributed by atoms with Crippen LogP contribution in [-0.2, 0) is 0 Å². The summed E-state index contributed by atoms with van der Waals surface area (Å²) in [6, 6.07) is 1.68. The van der Waals surface area contributed by atoms with Crippen LogP contribution in [0.25, 0.3) is 0 Å². The molecule has 0 aliphatic rings. The van der Waals surface area contributed by atoms with Crippen LogP contribution in [0.1, 0.15) is 35.9 Å². The quantitative estimate of drug-likeness (QED) is 0.586. The first-order valence-corrected chi connectivity index (χ1v) is 3.28. The number of hydrogen-bond acceptors (Lipinski definition) is 2. The lowest BCUT2D eigenvalue weighted by Crippen LogP contribution is -1.88. The van der Waals surface area contributed by atoms with Crippen molar-refractivity contribution in [2.24, 2.45) is 0 Å². The van der Waals surface area contributed by atoms with Gasteiger partial charge in [-0.25, -0.2) is 0 Å². The van der Waals surface area contributed by atoms with Gasteiger partial charge in [0, 0.05) is 5.92 Å². The molecule has 0 fully saturated rings. The monoisotopic (exact) mass is 138 g/mol. The molecule has 0 aliphatic carbocycles. The summed E-state index contributed by atoms with van der Waals surface area (Å²) in [5.41, 5.74) is 0.662. The molecule has 0 atom stereocenters. The Balaban J connectivity index is 3.01. The molecule has 0 N–H and O–H groups in total. The summed E-state index contributed by atoms with van der Waals surface area (Å²) in [4.78, 5) is 10.3. The Morgan fingerprint density at radius 3 is 2.70 bits per heavy atom. The molecule has 0 aliphatic heterocycles. The molecule has 1 rings (SSSR count). The third-order valence-electron chi connectivity index (χ3n) is 1.38. The third-order valence-corrected chi connectivity index (χ3v) is 1.38. The topological polar surface area (TPSA) is 30.2 Å². The summed E-state index contributed by atoms with van der Waals surface area (Å²) in [5.74, 6) is 1.06. The summed E-state index contributed by atoms with van der Waals surface area (Å²) in [6.07, 6.45) is 2.36. The fraction of sp³-hybridized carbons (Fsp3) is 0.375. The van der Waals surface area contributed by atoms with Gasteiger partial charge in [0.2, 0.25) is 0 Å². The van der Waals surface area contributed by atoms with E-state index in [1.54, 1.807) is 12.3 Å². The van der Waals surface area contributed by atoms with E-state index in [0.717, 1.165) is 12.0 Å². The highest BCUT2D eigenvalue weighted by molar-refractivity contribution is 5.76. The van der Waals surface area contributed by atoms with Crippen LogP contribution >= 0.6 is 0 Å². The van der Waals surface area contributed by atoms with E-state index in [2.05, 4.69) is 0 Å². The van der Waals surface area contributed by atoms with Gasteiger partial charge in [-0.05, 0) is 6.07 Å². The van der Waals surface area contributed by atoms with Crippen molar-refractivity contribution in [2.75, 3.05) is 0 Å². The zero-order valence-electron chi connectivity index (χ0n) is 6.13. The van der Waals surface area contributed by atoms with Gasteiger partial charge in [-0.1, -0.05) is 13.8 Å². The van der Waals surface area contributed by atoms with Gasteiger partial charge < -0.3 is 4.42 Å². The average molecular weight is 138 g/mol. The van der Waals surface area contributed by atoms with Gasteiger partial charge in [-0.15, -0.1) is 0 Å². The zero-order valence-corrected chi connectivity index (χ0v) is 6.13. The van der Waals surface area contributed by atoms with Gasteiger partial charge in [-0.3, -0.25) is 4.79 Å². The number of carbonyl (C=O) groups excluding carboxylic acids is 1. The molecule has 0 saturated heterocycles. The number of carbonyl (C=O) groups is 1. The molecule has 1 heterocycles. The Hall–Kier alpha value is -1.05. The average Bonchev–Trinajstić information content (AvgIpc) is 2.33. The minimum atomic E-state index is 0.287. The van der Waals surface area contributed by atoms with Gasteiger partial charge in [0.05, 0.1) is 11.8 Å². The number of aldehydes is 1. The zero-order chi connectivity index (χ0) is 7.56. The maximum Gasteiger partial charge on any atom is 0.153 e. The van der Waals surface area contributed by atoms with Crippen molar-refractivity contribution in [3.8, 4) is 0 Å². The largest absolute Gasteiger partial charge is 0.468 e. The standard InChI is InChI=1S/C8H10O2/c1-6(2)8-7(5-9)3-4-10-8/h3-6H,1-2H3. The van der Waals surface area contributed by atoms with Crippen molar-refractivity contribution in [3.63, 3.8) is 0 Å². The molecule has 0 bridgehead atoms. The Morgan fingerprint density at radius 1 is 1.60 bits per heavy atom. The highest BCUT2D eigenvalue weighted by atomic mass is 16.3. The van der Waals surface area contributed by atoms with Gasteiger partial charge in [0.1, 0.15) is 5.76 Å². The van der Waals surface area contributed by atoms with Crippen LogP contribution in [-0.4, -0.2) is 6.29 Å². The lowest BCUT2D eigenvalue weighted by molar-refractivity contribution is 0.112. The van der Waals surface area contributed by atoms with Crippen molar-refractivity contribution < 1.29 is 9.21 Å². The first-order valence-electron chi connectivity index (χ1n) is 3.28. The molecule has 0 aromatic carbocycles. The van der Waals surface area contributed by atoms with Crippen LogP contribution < -0.4 is 0 Å². The predicted octanol–water partition coefficient (Wildman–Crippen LogP) is 2.22. The first-order chi connectivity index (χ1) is 4.75. The van der Waals surface area contributed by atoms with Crippen LogP contribution in [0.3, 0.4) is 0 Å². The molecule has 1 aromatic rings. The summed E-state index contributed by atoms with van der Waals surface area (Å²) in [6.45, 7) is 3.98. The van der Waals surface area contributed by atoms with Crippen LogP contribution in [0, 0.1) is 0 Å². The lowest BCUT2D eigenvalue weighted by Gasteiger charge is -1.98. The highest BCUT2D eigenvalue weighted by Gasteiger charge is 2.07. The Kier molecular flexibility index (Phi) is 1.90. The number of rotatable bonds is 2. The van der Waals surface area contributed by atoms with E-state index in [1.165, 1.54) is 0 Å². The SMILES string of the molecule is CC(C)c1occc1C=O. The Bertz CT molecular complexity index is 223. The molecule has 0 unspecified atom stereocenters. The van der Waals surface area contributed by atoms with E-state index < -0.39 is 0 Å². The predicted molar refractivity (Wildman–Crippen MR) is 38.2 cm³/mol. The number of furan rings is 1. The van der Waals surface area contributed by atoms with E-state index in [1.807, 2.05) is 13.8 Å². The van der Waals surface area contributed by atoms with E-state index in [-0.39, 0.29) is 5.92 Å². The second kappa shape index (κ2) is 2.69. The van der Waals surface area contributed by atoms with Crippen molar-refractivity contribution in [1.29, 1.82) is 0 Å². The number of hydrogen-bond donors (Lipinski definition) is 0. The van der Waals surface area contributed by atoms with Crippen LogP contribution in [0.5, 0.6) is 0 Å². The van der Waals surface area contributed by atoms with E-state index in [4.69, 9.17) is 4.42 Å². The fourth-order valence-electron chi connectivity index (χ4n) is 0.898. The minimum absolute atomic E-state index is 0.287. The maximum atomic E-state index is 10.3. The van der Waals surface area contributed by atoms with Gasteiger partial charge in [-0.2, -0.15) is 0 Å². The molecular formula is C8H10O2. The van der Waals surface area contributed by atoms with Crippen molar-refractivity contribution in [2.45, 2.75) is 19.8 Å². The molecule has 54 valence electrons. The highest BCUT2D eigenvalue weighted by Crippen LogP contribution is 2.18. The molecule has 0 saturated carbocycles. The summed E-state index contributed by atoms with van der Waals surface area (Å²) in [7, 11) is 0. The minimum Gasteiger partial charge on any atom is -0.468 e. The third kappa shape index (κ3) is 1.10. The van der Waals surface area contributed by atoms with Crippen LogP contribution in [0.4, 0.5) is 0 Å². The summed E-state index contributed by atoms with van der Waals surface area (Å²) >= 11 is 0. The van der Waals surface area contributed by atoms with E-state index in [0.29, 0.717) is 5.56 Å². The fourth-order valence-corrected chi connectivity index (χ4v) is 0.898. The summed E-state index contributed by atoms with van der Waals surface area (Å²) in [5, 5.41) is 0. The van der Waals surface area contributed by atoms with Crippen LogP contribution in [0.2, 0.25) is 0 Å². The normalized spacial score (nSPS) is 10.3. The Morgan fingerprint density at radius 2 is 2.30 bits per heavy atom. The molecule has 0 amide bonds. The van der Waals surface area contributed by atoms with Crippen molar-refractivity contribution in [3.05, 3.63) is 23.7 Å². The van der Waals surface area contributed by atoms with E-state index in [9.17, 15) is 4.79 Å². The lowest BCUT2D eigenvalue weighted by atomic mass is 10.1. The van der Waals surface area contributed by atoms with Crippen molar-refractivity contribution in [1.82, 2.24) is 0 Å². The van der Waals surface area contributed by atoms with Crippen molar-refractivity contribution >= 4 is 6.29 Å². The van der Waals surface area contributed by atoms with Gasteiger partial charge in [0.25, 0.3) is 0 Å². The smallest absolute Gasteiger partial charge is 0.153 e. The maximum absolute atomic E-state index is 10.3. The molecule has 10 heavy (non-hydrogen) atoms.